The van der Waals surface area contributed by atoms with Crippen molar-refractivity contribution < 1.29 is 5.11 Å². The second-order valence-electron chi connectivity index (χ2n) is 3.56. The van der Waals surface area contributed by atoms with Gasteiger partial charge in [0.25, 0.3) is 0 Å². The van der Waals surface area contributed by atoms with E-state index in [-0.39, 0.29) is 12.1 Å². The summed E-state index contributed by atoms with van der Waals surface area (Å²) < 4.78 is 1.07. The second-order valence-corrected chi connectivity index (χ2v) is 5.46. The van der Waals surface area contributed by atoms with Crippen molar-refractivity contribution in [3.8, 4) is 0 Å². The van der Waals surface area contributed by atoms with Crippen molar-refractivity contribution in [2.75, 3.05) is 23.4 Å². The largest absolute Gasteiger partial charge is 0.394 e. The monoisotopic (exact) mass is 273 g/mol. The van der Waals surface area contributed by atoms with E-state index in [4.69, 9.17) is 0 Å². The molecule has 2 rings (SSSR count). The molecule has 1 heterocycles. The van der Waals surface area contributed by atoms with Crippen molar-refractivity contribution in [2.24, 2.45) is 0 Å². The molecule has 0 atom stereocenters. The summed E-state index contributed by atoms with van der Waals surface area (Å²) in [6.45, 7) is 0.204. The summed E-state index contributed by atoms with van der Waals surface area (Å²) in [6.07, 6.45) is 0. The van der Waals surface area contributed by atoms with E-state index in [1.165, 1.54) is 0 Å². The number of aliphatic hydroxyl groups is 1. The minimum atomic E-state index is -0.0848. The zero-order valence-electron chi connectivity index (χ0n) is 7.66. The van der Waals surface area contributed by atoms with Crippen LogP contribution in [-0.4, -0.2) is 28.8 Å². The number of aliphatic hydroxyl groups excluding tert-OH is 1. The van der Waals surface area contributed by atoms with Gasteiger partial charge in [0.05, 0.1) is 12.1 Å². The van der Waals surface area contributed by atoms with Crippen LogP contribution in [0.5, 0.6) is 0 Å². The molecule has 0 aromatic heterocycles. The van der Waals surface area contributed by atoms with Gasteiger partial charge >= 0.3 is 0 Å². The Kier molecular flexibility index (Phi) is 3.04. The van der Waals surface area contributed by atoms with Gasteiger partial charge in [-0.3, -0.25) is 0 Å². The Hall–Kier alpha value is -0.190. The fourth-order valence-electron chi connectivity index (χ4n) is 1.39. The summed E-state index contributed by atoms with van der Waals surface area (Å²) >= 11 is 5.25. The van der Waals surface area contributed by atoms with E-state index in [1.807, 2.05) is 36.0 Å². The average Bonchev–Trinajstić information content (AvgIpc) is 2.15. The van der Waals surface area contributed by atoms with Crippen LogP contribution >= 0.6 is 27.7 Å². The highest BCUT2D eigenvalue weighted by Crippen LogP contribution is 2.32. The summed E-state index contributed by atoms with van der Waals surface area (Å²) in [5.41, 5.74) is 0.987. The lowest BCUT2D eigenvalue weighted by atomic mass is 10.1. The highest BCUT2D eigenvalue weighted by atomic mass is 79.9. The van der Waals surface area contributed by atoms with Gasteiger partial charge in [0.2, 0.25) is 0 Å². The molecule has 2 nitrogen and oxygen atoms in total. The minimum absolute atomic E-state index is 0.0848. The fraction of sp³-hybridized carbons (Fsp3) is 0.400. The normalized spacial score (nSPS) is 18.7. The maximum atomic E-state index is 9.27. The van der Waals surface area contributed by atoms with Crippen LogP contribution in [0.15, 0.2) is 28.7 Å². The van der Waals surface area contributed by atoms with Gasteiger partial charge in [0.1, 0.15) is 0 Å². The number of halogens is 1. The van der Waals surface area contributed by atoms with E-state index in [0.717, 1.165) is 21.7 Å². The fourth-order valence-corrected chi connectivity index (χ4v) is 2.68. The molecule has 0 bridgehead atoms. The smallest absolute Gasteiger partial charge is 0.0784 e. The van der Waals surface area contributed by atoms with Crippen molar-refractivity contribution in [3.05, 3.63) is 28.7 Å². The van der Waals surface area contributed by atoms with Gasteiger partial charge in [-0.25, -0.2) is 0 Å². The lowest BCUT2D eigenvalue weighted by Gasteiger charge is -2.41. The lowest BCUT2D eigenvalue weighted by Crippen LogP contribution is -2.53. The van der Waals surface area contributed by atoms with Gasteiger partial charge < -0.3 is 10.4 Å². The molecule has 0 unspecified atom stereocenters. The van der Waals surface area contributed by atoms with Gasteiger partial charge in [0, 0.05) is 21.7 Å². The standard InChI is InChI=1S/C10H12BrNOS/c11-8-1-3-9(4-2-8)12-10(5-13)6-14-7-10/h1-4,12-13H,5-7H2. The first-order valence-electron chi connectivity index (χ1n) is 4.46. The van der Waals surface area contributed by atoms with E-state index in [1.54, 1.807) is 0 Å². The maximum absolute atomic E-state index is 9.27. The molecule has 1 aromatic rings. The molecule has 1 aromatic carbocycles. The predicted octanol–water partition coefficient (Wildman–Crippen LogP) is 2.34. The number of thioether (sulfide) groups is 1. The number of hydrogen-bond acceptors (Lipinski definition) is 3. The first kappa shape index (κ1) is 10.3. The number of hydrogen-bond donors (Lipinski definition) is 2. The Labute approximate surface area is 96.2 Å². The third kappa shape index (κ3) is 2.07. The highest BCUT2D eigenvalue weighted by Gasteiger charge is 2.36. The van der Waals surface area contributed by atoms with Crippen molar-refractivity contribution in [2.45, 2.75) is 5.54 Å². The molecule has 0 saturated carbocycles. The lowest BCUT2D eigenvalue weighted by molar-refractivity contribution is 0.233. The predicted molar refractivity (Wildman–Crippen MR) is 64.9 cm³/mol. The molecule has 4 heteroatoms. The SMILES string of the molecule is OCC1(Nc2ccc(Br)cc2)CSC1. The van der Waals surface area contributed by atoms with E-state index in [9.17, 15) is 5.11 Å². The number of anilines is 1. The summed E-state index contributed by atoms with van der Waals surface area (Å²) in [6, 6.07) is 8.04. The van der Waals surface area contributed by atoms with E-state index in [2.05, 4.69) is 21.2 Å². The van der Waals surface area contributed by atoms with Gasteiger partial charge in [0.15, 0.2) is 0 Å². The van der Waals surface area contributed by atoms with Crippen LogP contribution in [0.25, 0.3) is 0 Å². The van der Waals surface area contributed by atoms with Crippen molar-refractivity contribution >= 4 is 33.4 Å². The average molecular weight is 274 g/mol. The topological polar surface area (TPSA) is 32.3 Å². The second kappa shape index (κ2) is 4.13. The Bertz CT molecular complexity index is 305. The molecule has 0 amide bonds. The summed E-state index contributed by atoms with van der Waals surface area (Å²) in [5.74, 6) is 1.97. The van der Waals surface area contributed by atoms with Crippen LogP contribution in [0.4, 0.5) is 5.69 Å². The van der Waals surface area contributed by atoms with Gasteiger partial charge in [-0.15, -0.1) is 0 Å². The highest BCUT2D eigenvalue weighted by molar-refractivity contribution is 9.10. The first-order valence-corrected chi connectivity index (χ1v) is 6.41. The molecule has 1 aliphatic heterocycles. The van der Waals surface area contributed by atoms with Crippen molar-refractivity contribution in [1.82, 2.24) is 0 Å². The summed E-state index contributed by atoms with van der Waals surface area (Å²) in [5, 5.41) is 12.6. The van der Waals surface area contributed by atoms with E-state index in [0.29, 0.717) is 0 Å². The number of rotatable bonds is 3. The molecular formula is C10H12BrNOS. The molecule has 0 aliphatic carbocycles. The Morgan fingerprint density at radius 1 is 1.36 bits per heavy atom. The maximum Gasteiger partial charge on any atom is 0.0784 e. The van der Waals surface area contributed by atoms with E-state index < -0.39 is 0 Å². The molecule has 14 heavy (non-hydrogen) atoms. The van der Waals surface area contributed by atoms with Crippen molar-refractivity contribution in [3.63, 3.8) is 0 Å². The van der Waals surface area contributed by atoms with Gasteiger partial charge in [-0.05, 0) is 24.3 Å². The van der Waals surface area contributed by atoms with Crippen LogP contribution in [0.1, 0.15) is 0 Å². The molecule has 0 radical (unpaired) electrons. The van der Waals surface area contributed by atoms with Gasteiger partial charge in [-0.1, -0.05) is 15.9 Å². The molecule has 0 spiro atoms. The third-order valence-corrected chi connectivity index (χ3v) is 4.36. The third-order valence-electron chi connectivity index (χ3n) is 2.31. The van der Waals surface area contributed by atoms with Crippen LogP contribution in [0.3, 0.4) is 0 Å². The molecule has 2 N–H and O–H groups in total. The Morgan fingerprint density at radius 2 is 2.00 bits per heavy atom. The van der Waals surface area contributed by atoms with E-state index >= 15 is 0 Å². The summed E-state index contributed by atoms with van der Waals surface area (Å²) in [7, 11) is 0. The minimum Gasteiger partial charge on any atom is -0.394 e. The number of benzene rings is 1. The molecule has 1 aliphatic rings. The summed E-state index contributed by atoms with van der Waals surface area (Å²) in [4.78, 5) is 0. The number of nitrogens with one attached hydrogen (secondary N) is 1. The van der Waals surface area contributed by atoms with Crippen molar-refractivity contribution in [1.29, 1.82) is 0 Å². The van der Waals surface area contributed by atoms with Crippen LogP contribution in [0, 0.1) is 0 Å². The van der Waals surface area contributed by atoms with Crippen LogP contribution in [-0.2, 0) is 0 Å². The van der Waals surface area contributed by atoms with Gasteiger partial charge in [-0.2, -0.15) is 11.8 Å². The first-order chi connectivity index (χ1) is 6.74. The Balaban J connectivity index is 2.06. The van der Waals surface area contributed by atoms with Crippen LogP contribution < -0.4 is 5.32 Å². The van der Waals surface area contributed by atoms with Crippen LogP contribution in [0.2, 0.25) is 0 Å². The molecule has 1 fully saturated rings. The zero-order chi connectivity index (χ0) is 10.0. The zero-order valence-corrected chi connectivity index (χ0v) is 10.1. The molecular weight excluding hydrogens is 262 g/mol. The molecule has 76 valence electrons. The molecule has 1 saturated heterocycles. The quantitative estimate of drug-likeness (QED) is 0.887. The Morgan fingerprint density at radius 3 is 2.43 bits per heavy atom.